The molecule has 1 rings (SSSR count). The van der Waals surface area contributed by atoms with Crippen LogP contribution in [0.15, 0.2) is 60.8 Å². The molecule has 12 nitrogen and oxygen atoms in total. The van der Waals surface area contributed by atoms with Crippen LogP contribution >= 0.6 is 0 Å². The Hall–Kier alpha value is -3.58. The molecule has 0 saturated carbocycles. The van der Waals surface area contributed by atoms with Crippen molar-refractivity contribution in [1.29, 1.82) is 0 Å². The van der Waals surface area contributed by atoms with E-state index in [1.807, 2.05) is 0 Å². The third-order valence-electron chi connectivity index (χ3n) is 13.5. The molecule has 1 heterocycles. The number of aliphatic hydroxyl groups is 2. The second kappa shape index (κ2) is 51.2. The molecule has 432 valence electrons. The monoisotopic (exact) mass is 1060 g/mol. The molecule has 12 heteroatoms. The highest BCUT2D eigenvalue weighted by molar-refractivity contribution is 5.74. The van der Waals surface area contributed by atoms with Crippen molar-refractivity contribution < 1.29 is 58.2 Å². The van der Waals surface area contributed by atoms with Gasteiger partial charge in [0.25, 0.3) is 0 Å². The maximum Gasteiger partial charge on any atom is 0.335 e. The second-order valence-corrected chi connectivity index (χ2v) is 20.6. The molecule has 0 radical (unpaired) electrons. The summed E-state index contributed by atoms with van der Waals surface area (Å²) in [7, 11) is 0. The lowest BCUT2D eigenvalue weighted by Gasteiger charge is -2.40. The van der Waals surface area contributed by atoms with Crippen LogP contribution in [-0.4, -0.2) is 89.2 Å². The standard InChI is InChI=1S/C63H108O12/c1-4-7-10-13-16-19-22-24-26-28-30-32-35-37-40-43-46-49-55(64)71-52-54(73-56(65)50-47-44-41-38-34-21-18-15-12-9-6-3)53-72-63-61(59(68)58(67)60(75-63)62(69)70)74-57(66)51-48-45-42-39-36-33-31-29-27-25-23-20-17-14-11-8-5-2/h7,10,15-16,18-19,24-27,54,58-61,63,67-68H,4-6,8-9,11-14,17,20-23,28-53H2,1-3H3,(H,69,70)/b10-7-,18-15-,19-16-,26-24-,27-25-. The summed E-state index contributed by atoms with van der Waals surface area (Å²) >= 11 is 0. The third kappa shape index (κ3) is 41.2. The zero-order chi connectivity index (χ0) is 54.7. The summed E-state index contributed by atoms with van der Waals surface area (Å²) in [6, 6.07) is 0. The molecule has 0 aliphatic carbocycles. The zero-order valence-electron chi connectivity index (χ0n) is 47.5. The molecule has 1 aliphatic rings. The largest absolute Gasteiger partial charge is 0.479 e. The van der Waals surface area contributed by atoms with Crippen LogP contribution in [-0.2, 0) is 42.9 Å². The molecule has 0 aromatic carbocycles. The van der Waals surface area contributed by atoms with Crippen LogP contribution in [0, 0.1) is 0 Å². The van der Waals surface area contributed by atoms with E-state index in [2.05, 4.69) is 81.5 Å². The number of carbonyl (C=O) groups is 4. The van der Waals surface area contributed by atoms with E-state index in [1.165, 1.54) is 77.0 Å². The molecule has 0 bridgehead atoms. The number of hydrogen-bond acceptors (Lipinski definition) is 11. The minimum absolute atomic E-state index is 0.0539. The SMILES string of the molecule is CC/C=C\C/C=C\C/C=C\CCCCCCCCCC(=O)OCC(COC1OC(C(=O)O)C(O)C(O)C1OC(=O)CCCCCCCCC/C=C\CCCCCCCC)OC(=O)CCCCCCC/C=C\CCCC. The molecule has 0 spiro atoms. The maximum atomic E-state index is 13.1. The highest BCUT2D eigenvalue weighted by Crippen LogP contribution is 2.26. The Bertz CT molecular complexity index is 1540. The molecule has 1 fully saturated rings. The van der Waals surface area contributed by atoms with Gasteiger partial charge in [-0.2, -0.15) is 0 Å². The van der Waals surface area contributed by atoms with Crippen LogP contribution in [0.4, 0.5) is 0 Å². The first kappa shape index (κ1) is 69.4. The predicted octanol–water partition coefficient (Wildman–Crippen LogP) is 15.6. The van der Waals surface area contributed by atoms with Crippen LogP contribution < -0.4 is 0 Å². The molecule has 6 atom stereocenters. The summed E-state index contributed by atoms with van der Waals surface area (Å²) in [6.07, 6.45) is 50.5. The summed E-state index contributed by atoms with van der Waals surface area (Å²) in [5.74, 6) is -3.14. The number of carboxylic acids is 1. The van der Waals surface area contributed by atoms with E-state index >= 15 is 0 Å². The van der Waals surface area contributed by atoms with E-state index < -0.39 is 67.3 Å². The van der Waals surface area contributed by atoms with Gasteiger partial charge in [0.05, 0.1) is 6.61 Å². The van der Waals surface area contributed by atoms with E-state index in [0.717, 1.165) is 128 Å². The Morgan fingerprint density at radius 1 is 0.453 bits per heavy atom. The smallest absolute Gasteiger partial charge is 0.335 e. The first-order valence-corrected chi connectivity index (χ1v) is 30.3. The number of aliphatic hydroxyl groups excluding tert-OH is 2. The van der Waals surface area contributed by atoms with Crippen LogP contribution in [0.5, 0.6) is 0 Å². The van der Waals surface area contributed by atoms with Crippen LogP contribution in [0.25, 0.3) is 0 Å². The van der Waals surface area contributed by atoms with E-state index in [4.69, 9.17) is 23.7 Å². The Morgan fingerprint density at radius 3 is 1.33 bits per heavy atom. The van der Waals surface area contributed by atoms with Gasteiger partial charge in [-0.1, -0.05) is 210 Å². The van der Waals surface area contributed by atoms with Gasteiger partial charge in [0.15, 0.2) is 24.6 Å². The average molecular weight is 1060 g/mol. The fourth-order valence-electron chi connectivity index (χ4n) is 8.89. The van der Waals surface area contributed by atoms with Crippen molar-refractivity contribution >= 4 is 23.9 Å². The molecule has 1 aliphatic heterocycles. The topological polar surface area (TPSA) is 175 Å². The third-order valence-corrected chi connectivity index (χ3v) is 13.5. The molecular formula is C63H108O12. The molecule has 0 aromatic heterocycles. The fraction of sp³-hybridized carbons (Fsp3) is 0.778. The summed E-state index contributed by atoms with van der Waals surface area (Å²) in [4.78, 5) is 51.1. The second-order valence-electron chi connectivity index (χ2n) is 20.6. The summed E-state index contributed by atoms with van der Waals surface area (Å²) < 4.78 is 28.4. The lowest BCUT2D eigenvalue weighted by Crippen LogP contribution is -2.61. The van der Waals surface area contributed by atoms with Gasteiger partial charge < -0.3 is 39.0 Å². The minimum Gasteiger partial charge on any atom is -0.479 e. The van der Waals surface area contributed by atoms with E-state index in [-0.39, 0.29) is 25.9 Å². The molecule has 0 amide bonds. The van der Waals surface area contributed by atoms with Gasteiger partial charge in [-0.25, -0.2) is 4.79 Å². The van der Waals surface area contributed by atoms with Gasteiger partial charge in [0.1, 0.15) is 18.8 Å². The summed E-state index contributed by atoms with van der Waals surface area (Å²) in [5, 5.41) is 31.5. The highest BCUT2D eigenvalue weighted by Gasteiger charge is 2.50. The number of hydrogen-bond donors (Lipinski definition) is 3. The molecule has 0 aromatic rings. The number of esters is 3. The van der Waals surface area contributed by atoms with Crippen molar-refractivity contribution in [3.63, 3.8) is 0 Å². The van der Waals surface area contributed by atoms with Gasteiger partial charge in [-0.3, -0.25) is 14.4 Å². The number of aliphatic carboxylic acids is 1. The van der Waals surface area contributed by atoms with Crippen molar-refractivity contribution in [2.75, 3.05) is 13.2 Å². The van der Waals surface area contributed by atoms with Crippen molar-refractivity contribution in [3.8, 4) is 0 Å². The highest BCUT2D eigenvalue weighted by atomic mass is 16.7. The Morgan fingerprint density at radius 2 is 0.853 bits per heavy atom. The molecule has 6 unspecified atom stereocenters. The number of carbonyl (C=O) groups excluding carboxylic acids is 3. The van der Waals surface area contributed by atoms with Gasteiger partial charge in [-0.05, 0) is 96.3 Å². The van der Waals surface area contributed by atoms with Crippen molar-refractivity contribution in [1.82, 2.24) is 0 Å². The fourth-order valence-corrected chi connectivity index (χ4v) is 8.89. The first-order valence-electron chi connectivity index (χ1n) is 30.3. The van der Waals surface area contributed by atoms with Gasteiger partial charge >= 0.3 is 23.9 Å². The lowest BCUT2D eigenvalue weighted by atomic mass is 9.98. The summed E-state index contributed by atoms with van der Waals surface area (Å²) in [6.45, 7) is 5.83. The summed E-state index contributed by atoms with van der Waals surface area (Å²) in [5.41, 5.74) is 0. The van der Waals surface area contributed by atoms with Crippen LogP contribution in [0.2, 0.25) is 0 Å². The normalized spacial score (nSPS) is 18.5. The first-order chi connectivity index (χ1) is 36.6. The number of ether oxygens (including phenoxy) is 5. The molecular weight excluding hydrogens is 949 g/mol. The van der Waals surface area contributed by atoms with Crippen molar-refractivity contribution in [3.05, 3.63) is 60.8 Å². The molecule has 75 heavy (non-hydrogen) atoms. The number of unbranched alkanes of at least 4 members (excludes halogenated alkanes) is 27. The quantitative estimate of drug-likeness (QED) is 0.0228. The van der Waals surface area contributed by atoms with E-state index in [0.29, 0.717) is 19.3 Å². The zero-order valence-corrected chi connectivity index (χ0v) is 47.5. The predicted molar refractivity (Wildman–Crippen MR) is 303 cm³/mol. The van der Waals surface area contributed by atoms with Gasteiger partial charge in [-0.15, -0.1) is 0 Å². The molecule has 3 N–H and O–H groups in total. The minimum atomic E-state index is -1.91. The Labute approximate surface area is 456 Å². The lowest BCUT2D eigenvalue weighted by molar-refractivity contribution is -0.301. The van der Waals surface area contributed by atoms with Crippen molar-refractivity contribution in [2.45, 2.75) is 302 Å². The van der Waals surface area contributed by atoms with Gasteiger partial charge in [0.2, 0.25) is 0 Å². The van der Waals surface area contributed by atoms with E-state index in [9.17, 15) is 34.5 Å². The Balaban J connectivity index is 2.66. The van der Waals surface area contributed by atoms with Crippen LogP contribution in [0.3, 0.4) is 0 Å². The average Bonchev–Trinajstić information content (AvgIpc) is 3.39. The van der Waals surface area contributed by atoms with Crippen molar-refractivity contribution in [2.24, 2.45) is 0 Å². The van der Waals surface area contributed by atoms with Gasteiger partial charge in [0, 0.05) is 19.3 Å². The number of carboxylic acid groups (broad SMARTS) is 1. The maximum absolute atomic E-state index is 13.1. The Kier molecular flexibility index (Phi) is 47.4. The van der Waals surface area contributed by atoms with E-state index in [1.54, 1.807) is 0 Å². The number of rotatable bonds is 51. The number of allylic oxidation sites excluding steroid dienone is 10. The molecule has 1 saturated heterocycles. The van der Waals surface area contributed by atoms with Crippen LogP contribution in [0.1, 0.15) is 265 Å².